The van der Waals surface area contributed by atoms with Gasteiger partial charge in [0.05, 0.1) is 10.6 Å². The van der Waals surface area contributed by atoms with Crippen LogP contribution in [0.2, 0.25) is 0 Å². The Kier molecular flexibility index (Phi) is 6.22. The first-order valence-corrected chi connectivity index (χ1v) is 10.8. The van der Waals surface area contributed by atoms with E-state index >= 15 is 0 Å². The van der Waals surface area contributed by atoms with Gasteiger partial charge in [0, 0.05) is 26.2 Å². The number of sulfonamides is 1. The van der Waals surface area contributed by atoms with E-state index in [1.807, 2.05) is 19.1 Å². The number of hydrogen-bond donors (Lipinski definition) is 0. The normalized spacial score (nSPS) is 11.2. The van der Waals surface area contributed by atoms with Gasteiger partial charge in [-0.15, -0.1) is 0 Å². The summed E-state index contributed by atoms with van der Waals surface area (Å²) in [5.74, 6) is -0.668. The maximum atomic E-state index is 13.1. The molecule has 3 aromatic carbocycles. The highest BCUT2D eigenvalue weighted by Crippen LogP contribution is 2.25. The number of halogens is 1. The number of para-hydroxylation sites is 1. The van der Waals surface area contributed by atoms with Gasteiger partial charge in [0.25, 0.3) is 15.9 Å². The molecule has 0 heterocycles. The predicted octanol–water partition coefficient (Wildman–Crippen LogP) is 4.23. The molecule has 1 amide bonds. The van der Waals surface area contributed by atoms with E-state index in [1.54, 1.807) is 43.4 Å². The molecule has 3 aromatic rings. The van der Waals surface area contributed by atoms with Crippen LogP contribution in [0, 0.1) is 12.7 Å². The second kappa shape index (κ2) is 8.67. The number of nitrogens with zero attached hydrogens (tertiary/aromatic N) is 2. The minimum absolute atomic E-state index is 0.0364. The monoisotopic (exact) mass is 426 g/mol. The first kappa shape index (κ1) is 21.5. The van der Waals surface area contributed by atoms with E-state index in [2.05, 4.69) is 0 Å². The Labute approximate surface area is 176 Å². The Morgan fingerprint density at radius 1 is 0.933 bits per heavy atom. The third-order valence-electron chi connectivity index (χ3n) is 4.87. The van der Waals surface area contributed by atoms with Crippen LogP contribution in [-0.2, 0) is 16.6 Å². The Morgan fingerprint density at radius 2 is 1.60 bits per heavy atom. The quantitative estimate of drug-likeness (QED) is 0.593. The Balaban J connectivity index is 1.85. The molecule has 0 aliphatic carbocycles. The molecule has 0 radical (unpaired) electrons. The number of aryl methyl sites for hydroxylation is 1. The van der Waals surface area contributed by atoms with Crippen molar-refractivity contribution in [3.63, 3.8) is 0 Å². The first-order chi connectivity index (χ1) is 14.2. The summed E-state index contributed by atoms with van der Waals surface area (Å²) < 4.78 is 40.5. The highest BCUT2D eigenvalue weighted by molar-refractivity contribution is 7.92. The van der Waals surface area contributed by atoms with Gasteiger partial charge in [0.15, 0.2) is 0 Å². The molecule has 156 valence electrons. The molecule has 0 aromatic heterocycles. The van der Waals surface area contributed by atoms with Gasteiger partial charge in [0.1, 0.15) is 5.82 Å². The topological polar surface area (TPSA) is 57.7 Å². The van der Waals surface area contributed by atoms with Crippen molar-refractivity contribution in [1.82, 2.24) is 4.90 Å². The van der Waals surface area contributed by atoms with E-state index in [1.165, 1.54) is 40.5 Å². The maximum Gasteiger partial charge on any atom is 0.264 e. The average molecular weight is 427 g/mol. The van der Waals surface area contributed by atoms with Gasteiger partial charge < -0.3 is 4.90 Å². The number of benzene rings is 3. The summed E-state index contributed by atoms with van der Waals surface area (Å²) in [6.07, 6.45) is 0. The van der Waals surface area contributed by atoms with Crippen LogP contribution in [0.25, 0.3) is 0 Å². The van der Waals surface area contributed by atoms with Crippen LogP contribution in [0.5, 0.6) is 0 Å². The fraction of sp³-hybridized carbons (Fsp3) is 0.174. The van der Waals surface area contributed by atoms with Crippen molar-refractivity contribution in [3.8, 4) is 0 Å². The Morgan fingerprint density at radius 3 is 2.27 bits per heavy atom. The fourth-order valence-corrected chi connectivity index (χ4v) is 4.46. The molecule has 0 aliphatic heterocycles. The van der Waals surface area contributed by atoms with Crippen LogP contribution in [0.4, 0.5) is 10.1 Å². The van der Waals surface area contributed by atoms with Crippen molar-refractivity contribution in [2.75, 3.05) is 18.4 Å². The molecule has 0 saturated heterocycles. The van der Waals surface area contributed by atoms with Crippen LogP contribution in [0.3, 0.4) is 0 Å². The first-order valence-electron chi connectivity index (χ1n) is 9.34. The smallest absolute Gasteiger partial charge is 0.264 e. The molecule has 0 aliphatic rings. The minimum atomic E-state index is -3.84. The molecule has 0 unspecified atom stereocenters. The van der Waals surface area contributed by atoms with Crippen molar-refractivity contribution in [2.24, 2.45) is 0 Å². The van der Waals surface area contributed by atoms with E-state index in [9.17, 15) is 17.6 Å². The summed E-state index contributed by atoms with van der Waals surface area (Å²) >= 11 is 0. The van der Waals surface area contributed by atoms with Crippen molar-refractivity contribution in [1.29, 1.82) is 0 Å². The van der Waals surface area contributed by atoms with Crippen LogP contribution in [-0.4, -0.2) is 33.3 Å². The highest BCUT2D eigenvalue weighted by Gasteiger charge is 2.24. The minimum Gasteiger partial charge on any atom is -0.337 e. The summed E-state index contributed by atoms with van der Waals surface area (Å²) in [5, 5.41) is 0. The van der Waals surface area contributed by atoms with Gasteiger partial charge in [-0.1, -0.05) is 36.4 Å². The molecule has 5 nitrogen and oxygen atoms in total. The van der Waals surface area contributed by atoms with Gasteiger partial charge in [-0.05, 0) is 54.4 Å². The highest BCUT2D eigenvalue weighted by atomic mass is 32.2. The van der Waals surface area contributed by atoms with Gasteiger partial charge in [-0.25, -0.2) is 12.8 Å². The average Bonchev–Trinajstić information content (AvgIpc) is 2.74. The summed E-state index contributed by atoms with van der Waals surface area (Å²) in [4.78, 5) is 14.3. The molecule has 7 heteroatoms. The summed E-state index contributed by atoms with van der Waals surface area (Å²) in [6.45, 7) is 2.12. The molecular formula is C23H23FN2O3S. The van der Waals surface area contributed by atoms with Gasteiger partial charge in [-0.3, -0.25) is 9.10 Å². The zero-order valence-electron chi connectivity index (χ0n) is 17.0. The van der Waals surface area contributed by atoms with Gasteiger partial charge >= 0.3 is 0 Å². The lowest BCUT2D eigenvalue weighted by molar-refractivity contribution is 0.0785. The standard InChI is InChI=1S/C23H23FN2O3S/c1-17-7-4-5-10-22(17)26(3)30(28,29)21-9-6-8-19(15-21)23(27)25(2)16-18-11-13-20(24)14-12-18/h4-15H,16H2,1-3H3. The van der Waals surface area contributed by atoms with Crippen LogP contribution in [0.1, 0.15) is 21.5 Å². The van der Waals surface area contributed by atoms with Crippen molar-refractivity contribution in [2.45, 2.75) is 18.4 Å². The van der Waals surface area contributed by atoms with Crippen molar-refractivity contribution < 1.29 is 17.6 Å². The second-order valence-electron chi connectivity index (χ2n) is 7.07. The fourth-order valence-electron chi connectivity index (χ4n) is 3.15. The number of hydrogen-bond acceptors (Lipinski definition) is 3. The van der Waals surface area contributed by atoms with Gasteiger partial charge in [-0.2, -0.15) is 0 Å². The molecule has 3 rings (SSSR count). The Bertz CT molecular complexity index is 1160. The SMILES string of the molecule is Cc1ccccc1N(C)S(=O)(=O)c1cccc(C(=O)N(C)Cc2ccc(F)cc2)c1. The van der Waals surface area contributed by atoms with Crippen LogP contribution >= 0.6 is 0 Å². The lowest BCUT2D eigenvalue weighted by Gasteiger charge is -2.22. The van der Waals surface area contributed by atoms with E-state index in [0.29, 0.717) is 5.69 Å². The summed E-state index contributed by atoms with van der Waals surface area (Å²) in [5.41, 5.74) is 2.44. The molecule has 0 fully saturated rings. The molecule has 0 saturated carbocycles. The molecule has 0 N–H and O–H groups in total. The van der Waals surface area contributed by atoms with Crippen molar-refractivity contribution >= 4 is 21.6 Å². The summed E-state index contributed by atoms with van der Waals surface area (Å²) in [7, 11) is -0.729. The number of carbonyl (C=O) groups excluding carboxylic acids is 1. The number of rotatable bonds is 6. The second-order valence-corrected chi connectivity index (χ2v) is 9.04. The van der Waals surface area contributed by atoms with E-state index in [0.717, 1.165) is 11.1 Å². The van der Waals surface area contributed by atoms with E-state index in [-0.39, 0.29) is 28.7 Å². The molecule has 0 spiro atoms. The number of anilines is 1. The maximum absolute atomic E-state index is 13.1. The van der Waals surface area contributed by atoms with E-state index < -0.39 is 10.0 Å². The summed E-state index contributed by atoms with van der Waals surface area (Å²) in [6, 6.07) is 19.1. The molecule has 0 bridgehead atoms. The van der Waals surface area contributed by atoms with Crippen LogP contribution in [0.15, 0.2) is 77.7 Å². The number of carbonyl (C=O) groups is 1. The third kappa shape index (κ3) is 4.52. The molecule has 30 heavy (non-hydrogen) atoms. The molecule has 0 atom stereocenters. The third-order valence-corrected chi connectivity index (χ3v) is 6.64. The molecular weight excluding hydrogens is 403 g/mol. The van der Waals surface area contributed by atoms with Gasteiger partial charge in [0.2, 0.25) is 0 Å². The lowest BCUT2D eigenvalue weighted by atomic mass is 10.1. The predicted molar refractivity (Wildman–Crippen MR) is 115 cm³/mol. The van der Waals surface area contributed by atoms with E-state index in [4.69, 9.17) is 0 Å². The van der Waals surface area contributed by atoms with Crippen LogP contribution < -0.4 is 4.31 Å². The Hall–Kier alpha value is -3.19. The van der Waals surface area contributed by atoms with Crippen molar-refractivity contribution in [3.05, 3.63) is 95.3 Å². The lowest BCUT2D eigenvalue weighted by Crippen LogP contribution is -2.29. The largest absolute Gasteiger partial charge is 0.337 e. The zero-order chi connectivity index (χ0) is 21.9. The zero-order valence-corrected chi connectivity index (χ0v) is 17.9. The number of amides is 1.